The summed E-state index contributed by atoms with van der Waals surface area (Å²) in [5.41, 5.74) is 1.72. The Labute approximate surface area is 182 Å². The Balaban J connectivity index is 1.66. The first-order chi connectivity index (χ1) is 15.1. The van der Waals surface area contributed by atoms with E-state index in [1.807, 2.05) is 13.8 Å². The van der Waals surface area contributed by atoms with Crippen molar-refractivity contribution in [2.75, 3.05) is 11.4 Å². The van der Waals surface area contributed by atoms with Gasteiger partial charge in [0.1, 0.15) is 5.69 Å². The van der Waals surface area contributed by atoms with Gasteiger partial charge in [0, 0.05) is 42.2 Å². The van der Waals surface area contributed by atoms with E-state index in [0.717, 1.165) is 11.6 Å². The first-order valence-corrected chi connectivity index (χ1v) is 10.1. The number of hydrogen-bond donors (Lipinski definition) is 0. The van der Waals surface area contributed by atoms with Crippen molar-refractivity contribution in [2.45, 2.75) is 39.4 Å². The summed E-state index contributed by atoms with van der Waals surface area (Å²) in [5.74, 6) is -0.593. The lowest BCUT2D eigenvalue weighted by Gasteiger charge is -2.32. The highest BCUT2D eigenvalue weighted by molar-refractivity contribution is 6.08. The normalized spacial score (nSPS) is 16.2. The fraction of sp³-hybridized carbons (Fsp3) is 0.304. The molecule has 0 unspecified atom stereocenters. The fourth-order valence-corrected chi connectivity index (χ4v) is 3.99. The quantitative estimate of drug-likeness (QED) is 0.556. The summed E-state index contributed by atoms with van der Waals surface area (Å²) in [4.78, 5) is 31.6. The molecule has 0 saturated heterocycles. The molecule has 0 saturated carbocycles. The van der Waals surface area contributed by atoms with E-state index in [1.165, 1.54) is 36.4 Å². The number of amides is 1. The monoisotopic (exact) mass is 442 g/mol. The molecule has 0 fully saturated rings. The number of rotatable bonds is 4. The van der Waals surface area contributed by atoms with Crippen LogP contribution in [0.4, 0.5) is 18.9 Å². The number of aryl methyl sites for hydroxylation is 2. The summed E-state index contributed by atoms with van der Waals surface area (Å²) in [5, 5.41) is 4.30. The van der Waals surface area contributed by atoms with Gasteiger partial charge in [-0.2, -0.15) is 18.3 Å². The molecule has 166 valence electrons. The number of carbonyl (C=O) groups is 2. The first kappa shape index (κ1) is 21.7. The Morgan fingerprint density at radius 1 is 1.16 bits per heavy atom. The minimum Gasteiger partial charge on any atom is -0.305 e. The highest BCUT2D eigenvalue weighted by atomic mass is 19.4. The Morgan fingerprint density at radius 2 is 1.91 bits per heavy atom. The van der Waals surface area contributed by atoms with Gasteiger partial charge in [0.15, 0.2) is 5.78 Å². The van der Waals surface area contributed by atoms with Crippen molar-refractivity contribution in [1.82, 2.24) is 14.8 Å². The third kappa shape index (κ3) is 3.90. The number of alkyl halides is 3. The Kier molecular flexibility index (Phi) is 5.36. The maximum Gasteiger partial charge on any atom is 0.416 e. The predicted molar refractivity (Wildman–Crippen MR) is 112 cm³/mol. The smallest absolute Gasteiger partial charge is 0.305 e. The largest absolute Gasteiger partial charge is 0.416 e. The number of pyridine rings is 1. The molecule has 0 radical (unpaired) electrons. The van der Waals surface area contributed by atoms with Gasteiger partial charge in [-0.3, -0.25) is 19.3 Å². The van der Waals surface area contributed by atoms with Crippen LogP contribution in [0.1, 0.15) is 56.1 Å². The van der Waals surface area contributed by atoms with Gasteiger partial charge in [-0.25, -0.2) is 0 Å². The molecule has 1 amide bonds. The Bertz CT molecular complexity index is 1220. The molecule has 3 heterocycles. The highest BCUT2D eigenvalue weighted by Crippen LogP contribution is 2.35. The zero-order valence-electron chi connectivity index (χ0n) is 17.8. The Hall–Kier alpha value is -3.49. The fourth-order valence-electron chi connectivity index (χ4n) is 3.99. The second-order valence-corrected chi connectivity index (χ2v) is 8.08. The van der Waals surface area contributed by atoms with Crippen molar-refractivity contribution in [3.05, 3.63) is 76.4 Å². The van der Waals surface area contributed by atoms with Gasteiger partial charge < -0.3 is 4.90 Å². The molecule has 2 aromatic heterocycles. The van der Waals surface area contributed by atoms with Crippen LogP contribution in [-0.2, 0) is 12.6 Å². The van der Waals surface area contributed by atoms with Gasteiger partial charge in [0.2, 0.25) is 0 Å². The van der Waals surface area contributed by atoms with E-state index in [-0.39, 0.29) is 36.0 Å². The molecule has 6 nitrogen and oxygen atoms in total. The molecule has 1 aliphatic rings. The second-order valence-electron chi connectivity index (χ2n) is 8.08. The molecular formula is C23H21F3N4O2. The van der Waals surface area contributed by atoms with Crippen LogP contribution < -0.4 is 4.90 Å². The maximum atomic E-state index is 13.3. The van der Waals surface area contributed by atoms with Crippen molar-refractivity contribution in [2.24, 2.45) is 0 Å². The lowest BCUT2D eigenvalue weighted by Crippen LogP contribution is -2.43. The van der Waals surface area contributed by atoms with Crippen LogP contribution in [0.25, 0.3) is 0 Å². The first-order valence-electron chi connectivity index (χ1n) is 10.1. The average Bonchev–Trinajstić information content (AvgIpc) is 3.14. The molecule has 32 heavy (non-hydrogen) atoms. The minimum absolute atomic E-state index is 0.0290. The summed E-state index contributed by atoms with van der Waals surface area (Å²) in [6.07, 6.45) is 0.143. The third-order valence-corrected chi connectivity index (χ3v) is 5.56. The molecule has 9 heteroatoms. The number of benzene rings is 1. The van der Waals surface area contributed by atoms with Crippen molar-refractivity contribution in [1.29, 1.82) is 0 Å². The lowest BCUT2D eigenvalue weighted by atomic mass is 10.0. The maximum absolute atomic E-state index is 13.3. The zero-order valence-corrected chi connectivity index (χ0v) is 17.8. The van der Waals surface area contributed by atoms with E-state index in [0.29, 0.717) is 16.8 Å². The van der Waals surface area contributed by atoms with Gasteiger partial charge in [-0.05, 0) is 56.2 Å². The average molecular weight is 442 g/mol. The predicted octanol–water partition coefficient (Wildman–Crippen LogP) is 4.56. The molecule has 0 N–H and O–H groups in total. The van der Waals surface area contributed by atoms with Crippen LogP contribution in [0.5, 0.6) is 0 Å². The number of nitrogens with zero attached hydrogens (tertiary/aromatic N) is 4. The third-order valence-electron chi connectivity index (χ3n) is 5.56. The molecular weight excluding hydrogens is 421 g/mol. The van der Waals surface area contributed by atoms with E-state index in [4.69, 9.17) is 0 Å². The van der Waals surface area contributed by atoms with Crippen molar-refractivity contribution >= 4 is 17.4 Å². The van der Waals surface area contributed by atoms with Gasteiger partial charge in [0.25, 0.3) is 5.91 Å². The van der Waals surface area contributed by atoms with Crippen LogP contribution in [-0.4, -0.2) is 33.0 Å². The number of ketones is 1. The zero-order chi connectivity index (χ0) is 23.2. The summed E-state index contributed by atoms with van der Waals surface area (Å²) in [6, 6.07) is 5.17. The van der Waals surface area contributed by atoms with Crippen LogP contribution in [0.3, 0.4) is 0 Å². The van der Waals surface area contributed by atoms with Crippen molar-refractivity contribution < 1.29 is 22.8 Å². The highest BCUT2D eigenvalue weighted by Gasteiger charge is 2.36. The van der Waals surface area contributed by atoms with E-state index in [1.54, 1.807) is 16.9 Å². The number of hydrogen-bond acceptors (Lipinski definition) is 4. The molecule has 3 aromatic rings. The van der Waals surface area contributed by atoms with Crippen LogP contribution in [0, 0.1) is 13.8 Å². The van der Waals surface area contributed by atoms with Crippen LogP contribution >= 0.6 is 0 Å². The number of Topliss-reactive ketones (excluding diaryl/α,β-unsaturated/α-hetero) is 1. The van der Waals surface area contributed by atoms with Gasteiger partial charge in [-0.1, -0.05) is 0 Å². The second kappa shape index (κ2) is 7.89. The summed E-state index contributed by atoms with van der Waals surface area (Å²) < 4.78 is 41.0. The molecule has 1 aliphatic heterocycles. The van der Waals surface area contributed by atoms with Gasteiger partial charge >= 0.3 is 6.18 Å². The minimum atomic E-state index is -4.46. The topological polar surface area (TPSA) is 68.1 Å². The summed E-state index contributed by atoms with van der Waals surface area (Å²) in [6.45, 7) is 5.32. The molecule has 0 bridgehead atoms. The molecule has 0 spiro atoms. The van der Waals surface area contributed by atoms with E-state index in [9.17, 15) is 22.8 Å². The number of aromatic nitrogens is 3. The molecule has 4 rings (SSSR count). The summed E-state index contributed by atoms with van der Waals surface area (Å²) in [7, 11) is 0. The van der Waals surface area contributed by atoms with Crippen LogP contribution in [0.15, 0.2) is 42.9 Å². The van der Waals surface area contributed by atoms with E-state index in [2.05, 4.69) is 10.1 Å². The molecule has 0 aliphatic carbocycles. The standard InChI is InChI=1S/C23H21F3N4O2/c1-13-6-16(10-27-9-13)20(31)8-17-11-28-30-15(3)12-29(22(32)21(17)30)18-4-5-19(14(2)7-18)23(24,25)26/h4-7,9-11,15H,8,12H2,1-3H3/t15-/m0/s1. The summed E-state index contributed by atoms with van der Waals surface area (Å²) >= 11 is 0. The van der Waals surface area contributed by atoms with Gasteiger partial charge in [-0.15, -0.1) is 0 Å². The number of halogens is 3. The van der Waals surface area contributed by atoms with E-state index >= 15 is 0 Å². The van der Waals surface area contributed by atoms with Gasteiger partial charge in [0.05, 0.1) is 17.8 Å². The van der Waals surface area contributed by atoms with Crippen LogP contribution in [0.2, 0.25) is 0 Å². The van der Waals surface area contributed by atoms with Crippen molar-refractivity contribution in [3.63, 3.8) is 0 Å². The van der Waals surface area contributed by atoms with Crippen molar-refractivity contribution in [3.8, 4) is 0 Å². The number of fused-ring (bicyclic) bond motifs is 1. The SMILES string of the molecule is Cc1cncc(C(=O)Cc2cnn3c2C(=O)N(c2ccc(C(F)(F)F)c(C)c2)C[C@@H]3C)c1. The lowest BCUT2D eigenvalue weighted by molar-refractivity contribution is -0.138. The van der Waals surface area contributed by atoms with E-state index < -0.39 is 17.6 Å². The molecule has 1 atom stereocenters. The Morgan fingerprint density at radius 3 is 2.56 bits per heavy atom. The number of anilines is 1. The molecule has 1 aromatic carbocycles. The number of carbonyl (C=O) groups excluding carboxylic acids is 2.